The molecule has 0 radical (unpaired) electrons. The molecule has 1 heterocycles. The van der Waals surface area contributed by atoms with Crippen LogP contribution >= 0.6 is 0 Å². The largest absolute Gasteiger partial charge is 0.323 e. The zero-order valence-corrected chi connectivity index (χ0v) is 12.3. The van der Waals surface area contributed by atoms with Crippen molar-refractivity contribution in [2.75, 3.05) is 10.6 Å². The van der Waals surface area contributed by atoms with Gasteiger partial charge in [0.2, 0.25) is 0 Å². The van der Waals surface area contributed by atoms with Crippen molar-refractivity contribution in [3.8, 4) is 0 Å². The third kappa shape index (κ3) is 3.68. The lowest BCUT2D eigenvalue weighted by Gasteiger charge is -2.08. The van der Waals surface area contributed by atoms with Crippen molar-refractivity contribution in [3.63, 3.8) is 0 Å². The second kappa shape index (κ2) is 6.21. The number of amides is 2. The molecule has 0 fully saturated rings. The Hall–Kier alpha value is -2.63. The van der Waals surface area contributed by atoms with Crippen molar-refractivity contribution in [1.82, 2.24) is 9.78 Å². The first-order valence-electron chi connectivity index (χ1n) is 6.71. The molecule has 0 aliphatic carbocycles. The maximum Gasteiger partial charge on any atom is 0.323 e. The van der Waals surface area contributed by atoms with E-state index in [1.54, 1.807) is 42.2 Å². The predicted molar refractivity (Wildman–Crippen MR) is 81.7 cm³/mol. The fourth-order valence-corrected chi connectivity index (χ4v) is 2.00. The van der Waals surface area contributed by atoms with Crippen molar-refractivity contribution in [2.24, 2.45) is 7.05 Å². The Labute approximate surface area is 123 Å². The minimum atomic E-state index is -0.363. The number of anilines is 2. The topological polar surface area (TPSA) is 76.0 Å². The summed E-state index contributed by atoms with van der Waals surface area (Å²) < 4.78 is 1.66. The molecule has 2 aromatic rings. The first-order chi connectivity index (χ1) is 9.99. The number of hydrogen-bond donors (Lipinski definition) is 2. The molecule has 0 spiro atoms. The lowest BCUT2D eigenvalue weighted by Crippen LogP contribution is -2.20. The molecule has 2 rings (SSSR count). The predicted octanol–water partition coefficient (Wildman–Crippen LogP) is 2.83. The average Bonchev–Trinajstić information content (AvgIpc) is 2.78. The second-order valence-electron chi connectivity index (χ2n) is 4.73. The molecule has 21 heavy (non-hydrogen) atoms. The molecule has 0 atom stereocenters. The van der Waals surface area contributed by atoms with E-state index in [1.165, 1.54) is 6.92 Å². The van der Waals surface area contributed by atoms with Gasteiger partial charge >= 0.3 is 6.03 Å². The second-order valence-corrected chi connectivity index (χ2v) is 4.73. The van der Waals surface area contributed by atoms with E-state index in [2.05, 4.69) is 15.7 Å². The van der Waals surface area contributed by atoms with E-state index in [0.29, 0.717) is 16.9 Å². The van der Waals surface area contributed by atoms with Gasteiger partial charge in [0.15, 0.2) is 5.78 Å². The molecule has 2 N–H and O–H groups in total. The Morgan fingerprint density at radius 3 is 2.71 bits per heavy atom. The smallest absolute Gasteiger partial charge is 0.308 e. The number of Topliss-reactive ketones (excluding diaryl/α,β-unsaturated/α-hetero) is 1. The minimum Gasteiger partial charge on any atom is -0.308 e. The molecule has 6 nitrogen and oxygen atoms in total. The highest BCUT2D eigenvalue weighted by atomic mass is 16.2. The van der Waals surface area contributed by atoms with Crippen LogP contribution in [0.15, 0.2) is 30.5 Å². The number of carbonyl (C=O) groups excluding carboxylic acids is 2. The zero-order chi connectivity index (χ0) is 15.4. The van der Waals surface area contributed by atoms with Gasteiger partial charge in [-0.2, -0.15) is 5.10 Å². The number of rotatable bonds is 4. The molecule has 110 valence electrons. The highest BCUT2D eigenvalue weighted by molar-refractivity contribution is 6.01. The van der Waals surface area contributed by atoms with Gasteiger partial charge in [0.25, 0.3) is 0 Å². The summed E-state index contributed by atoms with van der Waals surface area (Å²) in [5.74, 6) is -0.0420. The van der Waals surface area contributed by atoms with Crippen LogP contribution in [0.2, 0.25) is 0 Å². The third-order valence-electron chi connectivity index (χ3n) is 3.02. The monoisotopic (exact) mass is 286 g/mol. The fraction of sp³-hybridized carbons (Fsp3) is 0.267. The van der Waals surface area contributed by atoms with Gasteiger partial charge in [-0.3, -0.25) is 9.48 Å². The molecule has 0 bridgehead atoms. The van der Waals surface area contributed by atoms with Gasteiger partial charge in [0, 0.05) is 24.5 Å². The molecule has 2 amide bonds. The number of aryl methyl sites for hydroxylation is 2. The van der Waals surface area contributed by atoms with E-state index < -0.39 is 0 Å². The molecule has 0 aliphatic rings. The molecular weight excluding hydrogens is 268 g/mol. The average molecular weight is 286 g/mol. The summed E-state index contributed by atoms with van der Waals surface area (Å²) in [6.07, 6.45) is 2.49. The number of aromatic nitrogens is 2. The van der Waals surface area contributed by atoms with E-state index >= 15 is 0 Å². The lowest BCUT2D eigenvalue weighted by molar-refractivity contribution is 0.101. The number of hydrogen-bond acceptors (Lipinski definition) is 3. The first kappa shape index (κ1) is 14.8. The molecule has 0 aliphatic heterocycles. The maximum absolute atomic E-state index is 12.0. The van der Waals surface area contributed by atoms with Crippen LogP contribution in [0.25, 0.3) is 0 Å². The number of urea groups is 1. The van der Waals surface area contributed by atoms with Crippen LogP contribution in [0.4, 0.5) is 16.2 Å². The minimum absolute atomic E-state index is 0.0420. The molecular formula is C15H18N4O2. The van der Waals surface area contributed by atoms with Gasteiger partial charge in [-0.15, -0.1) is 0 Å². The van der Waals surface area contributed by atoms with E-state index in [0.717, 1.165) is 12.1 Å². The van der Waals surface area contributed by atoms with Crippen LogP contribution < -0.4 is 10.6 Å². The van der Waals surface area contributed by atoms with Crippen LogP contribution in [0.3, 0.4) is 0 Å². The summed E-state index contributed by atoms with van der Waals surface area (Å²) in [6.45, 7) is 3.46. The quantitative estimate of drug-likeness (QED) is 0.848. The van der Waals surface area contributed by atoms with Gasteiger partial charge < -0.3 is 10.6 Å². The van der Waals surface area contributed by atoms with Crippen molar-refractivity contribution in [2.45, 2.75) is 20.3 Å². The number of nitrogens with zero attached hydrogens (tertiary/aromatic N) is 2. The van der Waals surface area contributed by atoms with E-state index in [-0.39, 0.29) is 11.8 Å². The van der Waals surface area contributed by atoms with Crippen LogP contribution in [0.5, 0.6) is 0 Å². The fourth-order valence-electron chi connectivity index (χ4n) is 2.00. The van der Waals surface area contributed by atoms with Gasteiger partial charge in [0.1, 0.15) is 0 Å². The van der Waals surface area contributed by atoms with Crippen LogP contribution in [0.1, 0.15) is 29.9 Å². The first-order valence-corrected chi connectivity index (χ1v) is 6.71. The van der Waals surface area contributed by atoms with Crippen LogP contribution in [-0.2, 0) is 13.5 Å². The molecule has 0 saturated heterocycles. The van der Waals surface area contributed by atoms with E-state index in [4.69, 9.17) is 0 Å². The summed E-state index contributed by atoms with van der Waals surface area (Å²) in [4.78, 5) is 23.3. The zero-order valence-electron chi connectivity index (χ0n) is 12.3. The van der Waals surface area contributed by atoms with Gasteiger partial charge in [0.05, 0.1) is 11.4 Å². The van der Waals surface area contributed by atoms with Crippen molar-refractivity contribution in [1.29, 1.82) is 0 Å². The molecule has 0 unspecified atom stereocenters. The molecule has 1 aromatic carbocycles. The number of carbonyl (C=O) groups is 2. The third-order valence-corrected chi connectivity index (χ3v) is 3.02. The Bertz CT molecular complexity index is 676. The highest BCUT2D eigenvalue weighted by Gasteiger charge is 2.10. The number of benzene rings is 1. The Morgan fingerprint density at radius 1 is 1.29 bits per heavy atom. The van der Waals surface area contributed by atoms with E-state index in [1.807, 2.05) is 6.92 Å². The summed E-state index contributed by atoms with van der Waals surface area (Å²) in [6, 6.07) is 6.45. The Kier molecular flexibility index (Phi) is 4.37. The number of nitrogens with one attached hydrogen (secondary N) is 2. The Morgan fingerprint density at radius 2 is 2.05 bits per heavy atom. The van der Waals surface area contributed by atoms with Gasteiger partial charge in [-0.05, 0) is 25.5 Å². The van der Waals surface area contributed by atoms with Crippen molar-refractivity contribution >= 4 is 23.2 Å². The maximum atomic E-state index is 12.0. The van der Waals surface area contributed by atoms with Crippen molar-refractivity contribution < 1.29 is 9.59 Å². The summed E-state index contributed by atoms with van der Waals surface area (Å²) >= 11 is 0. The van der Waals surface area contributed by atoms with Gasteiger partial charge in [-0.1, -0.05) is 19.1 Å². The Balaban J connectivity index is 2.08. The van der Waals surface area contributed by atoms with Gasteiger partial charge in [-0.25, -0.2) is 4.79 Å². The molecule has 1 aromatic heterocycles. The summed E-state index contributed by atoms with van der Waals surface area (Å²) in [5, 5.41) is 9.72. The standard InChI is InChI=1S/C15H18N4O2/c1-4-13-14(9-19(3)18-13)17-15(21)16-12-7-5-6-11(8-12)10(2)20/h5-9H,4H2,1-3H3,(H2,16,17,21). The highest BCUT2D eigenvalue weighted by Crippen LogP contribution is 2.15. The van der Waals surface area contributed by atoms with Crippen molar-refractivity contribution in [3.05, 3.63) is 41.7 Å². The lowest BCUT2D eigenvalue weighted by atomic mass is 10.1. The molecule has 6 heteroatoms. The SMILES string of the molecule is CCc1nn(C)cc1NC(=O)Nc1cccc(C(C)=O)c1. The van der Waals surface area contributed by atoms with Crippen LogP contribution in [0, 0.1) is 0 Å². The van der Waals surface area contributed by atoms with Crippen LogP contribution in [-0.4, -0.2) is 21.6 Å². The number of ketones is 1. The van der Waals surface area contributed by atoms with E-state index in [9.17, 15) is 9.59 Å². The summed E-state index contributed by atoms with van der Waals surface area (Å²) in [5.41, 5.74) is 2.64. The summed E-state index contributed by atoms with van der Waals surface area (Å²) in [7, 11) is 1.80. The molecule has 0 saturated carbocycles. The normalized spacial score (nSPS) is 10.2.